The lowest BCUT2D eigenvalue weighted by Gasteiger charge is -2.24. The molecule has 6 nitrogen and oxygen atoms in total. The van der Waals surface area contributed by atoms with Crippen molar-refractivity contribution in [1.29, 1.82) is 0 Å². The zero-order valence-corrected chi connectivity index (χ0v) is 11.2. The summed E-state index contributed by atoms with van der Waals surface area (Å²) in [5.74, 6) is 0.452. The molecule has 0 aliphatic carbocycles. The Morgan fingerprint density at radius 2 is 2.06 bits per heavy atom. The molecule has 1 saturated heterocycles. The van der Waals surface area contributed by atoms with E-state index in [-0.39, 0.29) is 6.09 Å². The lowest BCUT2D eigenvalue weighted by molar-refractivity contribution is 0.0287. The molecule has 2 heterocycles. The van der Waals surface area contributed by atoms with Crippen LogP contribution in [-0.4, -0.2) is 44.4 Å². The van der Waals surface area contributed by atoms with Crippen LogP contribution in [-0.2, 0) is 11.3 Å². The molecule has 0 spiro atoms. The van der Waals surface area contributed by atoms with Crippen molar-refractivity contribution >= 4 is 6.09 Å². The van der Waals surface area contributed by atoms with Crippen LogP contribution in [0.5, 0.6) is 0 Å². The van der Waals surface area contributed by atoms with Gasteiger partial charge in [0.2, 0.25) is 0 Å². The summed E-state index contributed by atoms with van der Waals surface area (Å²) in [5, 5.41) is 7.55. The normalized spacial score (nSPS) is 20.2. The number of amides is 1. The van der Waals surface area contributed by atoms with Crippen LogP contribution in [0.15, 0.2) is 12.7 Å². The number of nitrogens with zero attached hydrogens (tertiary/aromatic N) is 4. The molecule has 1 amide bonds. The molecule has 6 heteroatoms. The van der Waals surface area contributed by atoms with E-state index in [4.69, 9.17) is 4.74 Å². The Hall–Kier alpha value is -1.59. The summed E-state index contributed by atoms with van der Waals surface area (Å²) in [4.78, 5) is 13.7. The van der Waals surface area contributed by atoms with Gasteiger partial charge in [-0.25, -0.2) is 4.79 Å². The molecule has 18 heavy (non-hydrogen) atoms. The van der Waals surface area contributed by atoms with Gasteiger partial charge in [0, 0.05) is 19.6 Å². The van der Waals surface area contributed by atoms with Crippen LogP contribution >= 0.6 is 0 Å². The fraction of sp³-hybridized carbons (Fsp3) is 0.750. The zero-order chi connectivity index (χ0) is 13.2. The van der Waals surface area contributed by atoms with Crippen LogP contribution in [0.25, 0.3) is 0 Å². The van der Waals surface area contributed by atoms with Crippen molar-refractivity contribution in [3.05, 3.63) is 12.7 Å². The highest BCUT2D eigenvalue weighted by Gasteiger charge is 2.29. The Morgan fingerprint density at radius 3 is 2.67 bits per heavy atom. The minimum Gasteiger partial charge on any atom is -0.444 e. The van der Waals surface area contributed by atoms with E-state index in [1.807, 2.05) is 25.3 Å². The summed E-state index contributed by atoms with van der Waals surface area (Å²) in [6.45, 7) is 8.02. The van der Waals surface area contributed by atoms with Crippen molar-refractivity contribution < 1.29 is 9.53 Å². The largest absolute Gasteiger partial charge is 0.444 e. The Labute approximate surface area is 107 Å². The minimum atomic E-state index is -0.427. The summed E-state index contributed by atoms with van der Waals surface area (Å²) in [6.07, 6.45) is 4.19. The second-order valence-corrected chi connectivity index (χ2v) is 5.74. The topological polar surface area (TPSA) is 60.2 Å². The van der Waals surface area contributed by atoms with Gasteiger partial charge >= 0.3 is 6.09 Å². The maximum atomic E-state index is 11.9. The number of hydrogen-bond acceptors (Lipinski definition) is 4. The molecule has 1 aromatic heterocycles. The van der Waals surface area contributed by atoms with E-state index < -0.39 is 5.60 Å². The summed E-state index contributed by atoms with van der Waals surface area (Å²) >= 11 is 0. The van der Waals surface area contributed by atoms with Crippen molar-refractivity contribution in [2.75, 3.05) is 13.1 Å². The summed E-state index contributed by atoms with van der Waals surface area (Å²) in [7, 11) is 0. The molecule has 2 rings (SSSR count). The van der Waals surface area contributed by atoms with Crippen molar-refractivity contribution in [3.8, 4) is 0 Å². The molecule has 0 saturated carbocycles. The Bertz CT molecular complexity index is 397. The van der Waals surface area contributed by atoms with Crippen molar-refractivity contribution in [2.45, 2.75) is 39.3 Å². The van der Waals surface area contributed by atoms with Gasteiger partial charge in [0.25, 0.3) is 0 Å². The van der Waals surface area contributed by atoms with E-state index >= 15 is 0 Å². The lowest BCUT2D eigenvalue weighted by atomic mass is 10.1. The first-order valence-electron chi connectivity index (χ1n) is 6.24. The molecule has 1 aliphatic rings. The highest BCUT2D eigenvalue weighted by atomic mass is 16.6. The van der Waals surface area contributed by atoms with E-state index in [0.717, 1.165) is 26.1 Å². The second-order valence-electron chi connectivity index (χ2n) is 5.74. The molecule has 1 atom stereocenters. The van der Waals surface area contributed by atoms with Gasteiger partial charge in [0.1, 0.15) is 18.3 Å². The van der Waals surface area contributed by atoms with Crippen LogP contribution in [0.4, 0.5) is 4.79 Å². The van der Waals surface area contributed by atoms with Crippen LogP contribution < -0.4 is 0 Å². The van der Waals surface area contributed by atoms with Gasteiger partial charge in [-0.15, -0.1) is 10.2 Å². The Kier molecular flexibility index (Phi) is 3.54. The fourth-order valence-electron chi connectivity index (χ4n) is 2.09. The predicted molar refractivity (Wildman–Crippen MR) is 65.9 cm³/mol. The smallest absolute Gasteiger partial charge is 0.410 e. The SMILES string of the molecule is CC(C)(C)OC(=O)N1CCC(Cn2cnnc2)C1. The van der Waals surface area contributed by atoms with Crippen molar-refractivity contribution in [2.24, 2.45) is 5.92 Å². The summed E-state index contributed by atoms with van der Waals surface area (Å²) in [6, 6.07) is 0. The van der Waals surface area contributed by atoms with E-state index in [2.05, 4.69) is 10.2 Å². The first-order valence-corrected chi connectivity index (χ1v) is 6.24. The van der Waals surface area contributed by atoms with Gasteiger partial charge in [-0.2, -0.15) is 0 Å². The second kappa shape index (κ2) is 4.96. The van der Waals surface area contributed by atoms with Crippen molar-refractivity contribution in [3.63, 3.8) is 0 Å². The summed E-state index contributed by atoms with van der Waals surface area (Å²) < 4.78 is 7.31. The van der Waals surface area contributed by atoms with Crippen molar-refractivity contribution in [1.82, 2.24) is 19.7 Å². The van der Waals surface area contributed by atoms with E-state index in [0.29, 0.717) is 5.92 Å². The zero-order valence-electron chi connectivity index (χ0n) is 11.2. The third-order valence-electron chi connectivity index (χ3n) is 2.87. The minimum absolute atomic E-state index is 0.214. The number of hydrogen-bond donors (Lipinski definition) is 0. The third kappa shape index (κ3) is 3.45. The lowest BCUT2D eigenvalue weighted by Crippen LogP contribution is -2.35. The first kappa shape index (κ1) is 12.9. The van der Waals surface area contributed by atoms with Crippen LogP contribution in [0.2, 0.25) is 0 Å². The number of carbonyl (C=O) groups is 1. The van der Waals surface area contributed by atoms with E-state index in [1.165, 1.54) is 0 Å². The standard InChI is InChI=1S/C12H20N4O2/c1-12(2,3)18-11(17)16-5-4-10(7-16)6-15-8-13-14-9-15/h8-10H,4-7H2,1-3H3. The van der Waals surface area contributed by atoms with Crippen LogP contribution in [0, 0.1) is 5.92 Å². The molecule has 100 valence electrons. The molecule has 0 N–H and O–H groups in total. The molecule has 0 aromatic carbocycles. The molecule has 1 aromatic rings. The van der Waals surface area contributed by atoms with E-state index in [1.54, 1.807) is 17.6 Å². The fourth-order valence-corrected chi connectivity index (χ4v) is 2.09. The van der Waals surface area contributed by atoms with Gasteiger partial charge < -0.3 is 14.2 Å². The molecule has 1 aliphatic heterocycles. The number of carbonyl (C=O) groups excluding carboxylic acids is 1. The molecular formula is C12H20N4O2. The maximum absolute atomic E-state index is 11.9. The Balaban J connectivity index is 1.83. The number of likely N-dealkylation sites (tertiary alicyclic amines) is 1. The Morgan fingerprint density at radius 1 is 1.39 bits per heavy atom. The number of rotatable bonds is 2. The average Bonchev–Trinajstić information content (AvgIpc) is 2.86. The molecule has 0 bridgehead atoms. The van der Waals surface area contributed by atoms with E-state index in [9.17, 15) is 4.79 Å². The van der Waals surface area contributed by atoms with Gasteiger partial charge in [0.05, 0.1) is 0 Å². The molecule has 1 unspecified atom stereocenters. The van der Waals surface area contributed by atoms with Crippen LogP contribution in [0.3, 0.4) is 0 Å². The quantitative estimate of drug-likeness (QED) is 0.801. The molecular weight excluding hydrogens is 232 g/mol. The number of ether oxygens (including phenoxy) is 1. The maximum Gasteiger partial charge on any atom is 0.410 e. The average molecular weight is 252 g/mol. The number of aromatic nitrogens is 3. The highest BCUT2D eigenvalue weighted by molar-refractivity contribution is 5.68. The summed E-state index contributed by atoms with van der Waals surface area (Å²) in [5.41, 5.74) is -0.427. The first-order chi connectivity index (χ1) is 8.44. The van der Waals surface area contributed by atoms with Crippen LogP contribution in [0.1, 0.15) is 27.2 Å². The van der Waals surface area contributed by atoms with Gasteiger partial charge in [-0.3, -0.25) is 0 Å². The molecule has 0 radical (unpaired) electrons. The highest BCUT2D eigenvalue weighted by Crippen LogP contribution is 2.20. The monoisotopic (exact) mass is 252 g/mol. The van der Waals surface area contributed by atoms with Gasteiger partial charge in [0.15, 0.2) is 0 Å². The van der Waals surface area contributed by atoms with Gasteiger partial charge in [-0.05, 0) is 33.1 Å². The predicted octanol–water partition coefficient (Wildman–Crippen LogP) is 1.54. The van der Waals surface area contributed by atoms with Gasteiger partial charge in [-0.1, -0.05) is 0 Å². The molecule has 1 fully saturated rings. The third-order valence-corrected chi connectivity index (χ3v) is 2.87.